The maximum absolute atomic E-state index is 12.8. The molecule has 12 nitrogen and oxygen atoms in total. The molecular weight excluding hydrogens is 480 g/mol. The first-order valence-electron chi connectivity index (χ1n) is 9.02. The minimum Gasteiger partial charge on any atom is -0.477 e. The molecule has 0 aliphatic carbocycles. The van der Waals surface area contributed by atoms with E-state index in [0.29, 0.717) is 10.7 Å². The second kappa shape index (κ2) is 10.4. The number of carboxylic acid groups (broad SMARTS) is 1. The summed E-state index contributed by atoms with van der Waals surface area (Å²) in [6.07, 6.45) is 1.54. The maximum atomic E-state index is 12.8. The maximum Gasteiger partial charge on any atom is 0.353 e. The third-order valence-corrected chi connectivity index (χ3v) is 7.38. The molecule has 7 N–H and O–H groups in total. The van der Waals surface area contributed by atoms with Crippen molar-refractivity contribution < 1.29 is 29.4 Å². The van der Waals surface area contributed by atoms with Crippen LogP contribution in [-0.2, 0) is 19.2 Å². The number of oxime groups is 1. The summed E-state index contributed by atoms with van der Waals surface area (Å²) in [6.45, 7) is -0.243. The van der Waals surface area contributed by atoms with Crippen molar-refractivity contribution in [3.8, 4) is 0 Å². The molecule has 2 aliphatic rings. The van der Waals surface area contributed by atoms with Crippen molar-refractivity contribution in [1.82, 2.24) is 15.2 Å². The molecule has 2 amide bonds. The van der Waals surface area contributed by atoms with Gasteiger partial charge in [-0.05, 0) is 5.41 Å². The second-order valence-corrected chi connectivity index (χ2v) is 9.42. The third kappa shape index (κ3) is 4.91. The summed E-state index contributed by atoms with van der Waals surface area (Å²) in [5.41, 5.74) is 11.1. The molecule has 0 bridgehead atoms. The number of thioether (sulfide) groups is 2. The summed E-state index contributed by atoms with van der Waals surface area (Å²) in [5.74, 6) is -2.20. The Morgan fingerprint density at radius 1 is 1.56 bits per heavy atom. The molecule has 1 aromatic heterocycles. The number of carbonyl (C=O) groups is 3. The van der Waals surface area contributed by atoms with Crippen LogP contribution >= 0.6 is 34.9 Å². The van der Waals surface area contributed by atoms with Gasteiger partial charge in [-0.25, -0.2) is 9.78 Å². The van der Waals surface area contributed by atoms with Gasteiger partial charge in [0.2, 0.25) is 0 Å². The first-order chi connectivity index (χ1) is 15.3. The first kappa shape index (κ1) is 24.1. The molecule has 1 aromatic rings. The SMILES string of the molecule is CO/N=C(\C(=O)NC1C(=O)N2C(C(=O)O)=C(S/C=C\[C@@H](N)CO)CS[C@H]12)c1csc(N)n1. The fourth-order valence-electron chi connectivity index (χ4n) is 2.87. The predicted molar refractivity (Wildman–Crippen MR) is 122 cm³/mol. The number of amides is 2. The molecule has 1 unspecified atom stereocenters. The van der Waals surface area contributed by atoms with E-state index >= 15 is 0 Å². The van der Waals surface area contributed by atoms with Crippen LogP contribution in [0.1, 0.15) is 5.69 Å². The number of carbonyl (C=O) groups excluding carboxylic acids is 2. The number of hydrogen-bond donors (Lipinski definition) is 5. The van der Waals surface area contributed by atoms with Crippen LogP contribution in [0.25, 0.3) is 0 Å². The van der Waals surface area contributed by atoms with Crippen LogP contribution < -0.4 is 16.8 Å². The molecule has 3 rings (SSSR count). The van der Waals surface area contributed by atoms with Crippen molar-refractivity contribution in [3.63, 3.8) is 0 Å². The number of nitrogens with one attached hydrogen (secondary N) is 1. The Morgan fingerprint density at radius 2 is 2.31 bits per heavy atom. The van der Waals surface area contributed by atoms with E-state index in [9.17, 15) is 19.5 Å². The highest BCUT2D eigenvalue weighted by Crippen LogP contribution is 2.43. The zero-order valence-corrected chi connectivity index (χ0v) is 19.1. The van der Waals surface area contributed by atoms with E-state index in [4.69, 9.17) is 21.4 Å². The van der Waals surface area contributed by atoms with Crippen LogP contribution in [0.2, 0.25) is 0 Å². The van der Waals surface area contributed by atoms with Gasteiger partial charge in [-0.2, -0.15) is 0 Å². The van der Waals surface area contributed by atoms with Crippen LogP contribution in [0, 0.1) is 0 Å². The Labute approximate surface area is 194 Å². The summed E-state index contributed by atoms with van der Waals surface area (Å²) in [7, 11) is 1.27. The zero-order valence-electron chi connectivity index (χ0n) is 16.6. The lowest BCUT2D eigenvalue weighted by Gasteiger charge is -2.49. The van der Waals surface area contributed by atoms with Gasteiger partial charge in [-0.15, -0.1) is 23.1 Å². The first-order valence-corrected chi connectivity index (χ1v) is 11.8. The highest BCUT2D eigenvalue weighted by atomic mass is 32.2. The topological polar surface area (TPSA) is 193 Å². The average Bonchev–Trinajstić information content (AvgIpc) is 3.20. The predicted octanol–water partition coefficient (Wildman–Crippen LogP) is -0.662. The minimum atomic E-state index is -1.25. The second-order valence-electron chi connectivity index (χ2n) is 6.42. The van der Waals surface area contributed by atoms with Crippen molar-refractivity contribution in [1.29, 1.82) is 0 Å². The lowest BCUT2D eigenvalue weighted by atomic mass is 10.0. The zero-order chi connectivity index (χ0) is 23.4. The summed E-state index contributed by atoms with van der Waals surface area (Å²) in [4.78, 5) is 47.7. The van der Waals surface area contributed by atoms with Crippen LogP contribution in [-0.4, -0.2) is 80.5 Å². The summed E-state index contributed by atoms with van der Waals surface area (Å²) in [5, 5.41) is 27.7. The van der Waals surface area contributed by atoms with E-state index in [2.05, 4.69) is 15.5 Å². The Balaban J connectivity index is 1.75. The molecule has 3 heterocycles. The van der Waals surface area contributed by atoms with Crippen LogP contribution in [0.5, 0.6) is 0 Å². The number of nitrogens with two attached hydrogens (primary N) is 2. The Hall–Kier alpha value is -2.59. The van der Waals surface area contributed by atoms with Gasteiger partial charge in [-0.3, -0.25) is 14.5 Å². The van der Waals surface area contributed by atoms with Gasteiger partial charge >= 0.3 is 5.97 Å². The number of fused-ring (bicyclic) bond motifs is 1. The van der Waals surface area contributed by atoms with Gasteiger partial charge in [0.1, 0.15) is 29.9 Å². The Kier molecular flexibility index (Phi) is 7.78. The summed E-state index contributed by atoms with van der Waals surface area (Å²) < 4.78 is 0. The van der Waals surface area contributed by atoms with Crippen molar-refractivity contribution in [2.24, 2.45) is 10.9 Å². The minimum absolute atomic E-state index is 0.144. The monoisotopic (exact) mass is 500 g/mol. The molecule has 0 aromatic carbocycles. The number of hydrogen-bond acceptors (Lipinski definition) is 12. The van der Waals surface area contributed by atoms with Crippen molar-refractivity contribution in [2.45, 2.75) is 17.5 Å². The summed E-state index contributed by atoms with van der Waals surface area (Å²) in [6, 6.07) is -1.51. The Bertz CT molecular complexity index is 1010. The molecule has 0 radical (unpaired) electrons. The Morgan fingerprint density at radius 3 is 2.91 bits per heavy atom. The van der Waals surface area contributed by atoms with Crippen molar-refractivity contribution in [3.05, 3.63) is 33.2 Å². The molecular formula is C17H20N6O6S3. The van der Waals surface area contributed by atoms with E-state index in [1.165, 1.54) is 30.3 Å². The molecule has 1 saturated heterocycles. The molecule has 172 valence electrons. The van der Waals surface area contributed by atoms with Gasteiger partial charge in [0.25, 0.3) is 11.8 Å². The lowest BCUT2D eigenvalue weighted by molar-refractivity contribution is -0.150. The van der Waals surface area contributed by atoms with Gasteiger partial charge < -0.3 is 31.8 Å². The number of aliphatic hydroxyl groups excluding tert-OH is 1. The van der Waals surface area contributed by atoms with Crippen LogP contribution in [0.3, 0.4) is 0 Å². The highest BCUT2D eigenvalue weighted by Gasteiger charge is 2.54. The van der Waals surface area contributed by atoms with Gasteiger partial charge in [0, 0.05) is 22.1 Å². The van der Waals surface area contributed by atoms with Crippen LogP contribution in [0.15, 0.2) is 32.6 Å². The van der Waals surface area contributed by atoms with Crippen molar-refractivity contribution in [2.75, 3.05) is 25.2 Å². The van der Waals surface area contributed by atoms with E-state index in [0.717, 1.165) is 28.0 Å². The number of nitrogen functional groups attached to an aromatic ring is 1. The summed E-state index contributed by atoms with van der Waals surface area (Å²) >= 11 is 3.55. The fraction of sp³-hybridized carbons (Fsp3) is 0.353. The molecule has 3 atom stereocenters. The van der Waals surface area contributed by atoms with E-state index in [1.807, 2.05) is 0 Å². The molecule has 2 aliphatic heterocycles. The number of β-lactam (4-membered cyclic amide) rings is 1. The number of aromatic nitrogens is 1. The molecule has 0 saturated carbocycles. The third-order valence-electron chi connectivity index (χ3n) is 4.33. The van der Waals surface area contributed by atoms with E-state index in [1.54, 1.807) is 5.41 Å². The fourth-order valence-corrected chi connectivity index (χ4v) is 5.83. The van der Waals surface area contributed by atoms with Gasteiger partial charge in [0.15, 0.2) is 10.8 Å². The van der Waals surface area contributed by atoms with E-state index in [-0.39, 0.29) is 28.8 Å². The van der Waals surface area contributed by atoms with Gasteiger partial charge in [-0.1, -0.05) is 23.0 Å². The lowest BCUT2D eigenvalue weighted by Crippen LogP contribution is -2.71. The van der Waals surface area contributed by atoms with E-state index < -0.39 is 35.2 Å². The number of aliphatic hydroxyl groups is 1. The standard InChI is InChI=1S/C17H20N6O6S3/c1-29-22-10(8-5-32-17(19)20-8)13(25)21-11-14(26)23-12(16(27)28)9(6-31-15(11)23)30-3-2-7(18)4-24/h2-3,5,7,11,15,24H,4,6,18H2,1H3,(H2,19,20)(H,21,25)(H,27,28)/b3-2-,22-10-/t7-,11?,15-/m1/s1. The van der Waals surface area contributed by atoms with Crippen molar-refractivity contribution >= 4 is 63.5 Å². The number of carboxylic acids is 1. The molecule has 32 heavy (non-hydrogen) atoms. The molecule has 0 spiro atoms. The normalized spacial score (nSPS) is 21.9. The smallest absolute Gasteiger partial charge is 0.353 e. The number of nitrogens with zero attached hydrogens (tertiary/aromatic N) is 3. The molecule has 15 heteroatoms. The largest absolute Gasteiger partial charge is 0.477 e. The number of anilines is 1. The molecule has 1 fully saturated rings. The highest BCUT2D eigenvalue weighted by molar-refractivity contribution is 8.08. The van der Waals surface area contributed by atoms with Crippen LogP contribution in [0.4, 0.5) is 5.13 Å². The number of rotatable bonds is 9. The number of aliphatic carboxylic acids is 1. The quantitative estimate of drug-likeness (QED) is 0.164. The van der Waals surface area contributed by atoms with Gasteiger partial charge in [0.05, 0.1) is 6.61 Å². The average molecular weight is 501 g/mol. The number of thiazole rings is 1.